The minimum atomic E-state index is -0.630. The van der Waals surface area contributed by atoms with Gasteiger partial charge in [-0.15, -0.1) is 0 Å². The van der Waals surface area contributed by atoms with Crippen LogP contribution in [0.25, 0.3) is 0 Å². The summed E-state index contributed by atoms with van der Waals surface area (Å²) in [5.74, 6) is -1.69. The minimum absolute atomic E-state index is 0.0735. The standard InChI is InChI=1S/C14H11BrF2N2O/c1-8(9-5-10(16)7-18-6-9)19-14(20)11-3-2-4-12(15)13(11)17/h2-8H,1H3,(H,19,20). The van der Waals surface area contributed by atoms with Gasteiger partial charge < -0.3 is 5.32 Å². The molecule has 0 saturated carbocycles. The molecular formula is C14H11BrF2N2O. The first-order valence-corrected chi connectivity index (χ1v) is 6.63. The number of aromatic nitrogens is 1. The molecule has 1 amide bonds. The van der Waals surface area contributed by atoms with Crippen LogP contribution in [0.3, 0.4) is 0 Å². The fourth-order valence-electron chi connectivity index (χ4n) is 1.70. The number of nitrogens with one attached hydrogen (secondary N) is 1. The summed E-state index contributed by atoms with van der Waals surface area (Å²) in [4.78, 5) is 15.7. The van der Waals surface area contributed by atoms with E-state index >= 15 is 0 Å². The van der Waals surface area contributed by atoms with Gasteiger partial charge in [0.15, 0.2) is 0 Å². The third-order valence-electron chi connectivity index (χ3n) is 2.77. The van der Waals surface area contributed by atoms with Gasteiger partial charge in [0, 0.05) is 6.20 Å². The van der Waals surface area contributed by atoms with Gasteiger partial charge in [0.05, 0.1) is 22.3 Å². The number of hydrogen-bond donors (Lipinski definition) is 1. The number of rotatable bonds is 3. The molecule has 0 aliphatic rings. The van der Waals surface area contributed by atoms with Gasteiger partial charge in [-0.25, -0.2) is 8.78 Å². The van der Waals surface area contributed by atoms with E-state index < -0.39 is 23.6 Å². The number of amides is 1. The molecule has 0 radical (unpaired) electrons. The van der Waals surface area contributed by atoms with Crippen LogP contribution in [0.15, 0.2) is 41.1 Å². The number of nitrogens with zero attached hydrogens (tertiary/aromatic N) is 1. The Balaban J connectivity index is 2.17. The van der Waals surface area contributed by atoms with Gasteiger partial charge in [-0.05, 0) is 46.6 Å². The molecule has 1 aromatic carbocycles. The molecule has 0 saturated heterocycles. The van der Waals surface area contributed by atoms with E-state index in [0.29, 0.717) is 5.56 Å². The molecule has 104 valence electrons. The van der Waals surface area contributed by atoms with Crippen molar-refractivity contribution >= 4 is 21.8 Å². The average molecular weight is 341 g/mol. The largest absolute Gasteiger partial charge is 0.345 e. The number of hydrogen-bond acceptors (Lipinski definition) is 2. The maximum absolute atomic E-state index is 13.8. The molecule has 1 heterocycles. The minimum Gasteiger partial charge on any atom is -0.345 e. The number of halogens is 3. The fraction of sp³-hybridized carbons (Fsp3) is 0.143. The van der Waals surface area contributed by atoms with Crippen LogP contribution >= 0.6 is 15.9 Å². The lowest BCUT2D eigenvalue weighted by Gasteiger charge is -2.14. The molecule has 3 nitrogen and oxygen atoms in total. The number of benzene rings is 1. The summed E-state index contributed by atoms with van der Waals surface area (Å²) in [6.45, 7) is 1.67. The van der Waals surface area contributed by atoms with Gasteiger partial charge in [0.1, 0.15) is 11.6 Å². The van der Waals surface area contributed by atoms with Crippen molar-refractivity contribution in [2.45, 2.75) is 13.0 Å². The second-order valence-corrected chi connectivity index (χ2v) is 5.09. The van der Waals surface area contributed by atoms with Crippen molar-refractivity contribution in [1.82, 2.24) is 10.3 Å². The SMILES string of the molecule is CC(NC(=O)c1cccc(Br)c1F)c1cncc(F)c1. The third kappa shape index (κ3) is 3.19. The first-order valence-electron chi connectivity index (χ1n) is 5.84. The van der Waals surface area contributed by atoms with Crippen LogP contribution in [0.5, 0.6) is 0 Å². The highest BCUT2D eigenvalue weighted by Gasteiger charge is 2.17. The predicted molar refractivity (Wildman–Crippen MR) is 74.2 cm³/mol. The molecule has 1 aromatic heterocycles. The summed E-state index contributed by atoms with van der Waals surface area (Å²) < 4.78 is 27.1. The van der Waals surface area contributed by atoms with Gasteiger partial charge in [0.25, 0.3) is 5.91 Å². The Bertz CT molecular complexity index is 649. The molecule has 0 aliphatic carbocycles. The number of carbonyl (C=O) groups is 1. The summed E-state index contributed by atoms with van der Waals surface area (Å²) in [5, 5.41) is 2.60. The zero-order valence-electron chi connectivity index (χ0n) is 10.5. The molecule has 0 bridgehead atoms. The van der Waals surface area contributed by atoms with Gasteiger partial charge in [0.2, 0.25) is 0 Å². The molecule has 0 fully saturated rings. The van der Waals surface area contributed by atoms with E-state index in [4.69, 9.17) is 0 Å². The van der Waals surface area contributed by atoms with E-state index in [1.54, 1.807) is 13.0 Å². The smallest absolute Gasteiger partial charge is 0.254 e. The molecular weight excluding hydrogens is 330 g/mol. The van der Waals surface area contributed by atoms with Crippen LogP contribution in [0.1, 0.15) is 28.9 Å². The summed E-state index contributed by atoms with van der Waals surface area (Å²) >= 11 is 3.02. The van der Waals surface area contributed by atoms with Gasteiger partial charge in [-0.2, -0.15) is 0 Å². The molecule has 2 rings (SSSR count). The zero-order chi connectivity index (χ0) is 14.7. The Labute approximate surface area is 123 Å². The third-order valence-corrected chi connectivity index (χ3v) is 3.38. The first-order chi connectivity index (χ1) is 9.49. The Morgan fingerprint density at radius 1 is 1.35 bits per heavy atom. The molecule has 20 heavy (non-hydrogen) atoms. The monoisotopic (exact) mass is 340 g/mol. The molecule has 0 aliphatic heterocycles. The van der Waals surface area contributed by atoms with Crippen LogP contribution in [0, 0.1) is 11.6 Å². The predicted octanol–water partition coefficient (Wildman–Crippen LogP) is 3.61. The lowest BCUT2D eigenvalue weighted by atomic mass is 10.1. The lowest BCUT2D eigenvalue weighted by molar-refractivity contribution is 0.0935. The van der Waals surface area contributed by atoms with E-state index in [9.17, 15) is 13.6 Å². The Kier molecular flexibility index (Phi) is 4.44. The van der Waals surface area contributed by atoms with E-state index in [1.165, 1.54) is 24.4 Å². The van der Waals surface area contributed by atoms with Crippen molar-refractivity contribution in [3.05, 3.63) is 63.9 Å². The second-order valence-electron chi connectivity index (χ2n) is 4.23. The fourth-order valence-corrected chi connectivity index (χ4v) is 2.07. The van der Waals surface area contributed by atoms with Crippen LogP contribution < -0.4 is 5.32 Å². The summed E-state index contributed by atoms with van der Waals surface area (Å²) in [7, 11) is 0. The van der Waals surface area contributed by atoms with E-state index in [0.717, 1.165) is 6.20 Å². The number of carbonyl (C=O) groups excluding carboxylic acids is 1. The first kappa shape index (κ1) is 14.6. The molecule has 1 atom stereocenters. The average Bonchev–Trinajstić information content (AvgIpc) is 2.41. The van der Waals surface area contributed by atoms with E-state index in [-0.39, 0.29) is 10.0 Å². The highest BCUT2D eigenvalue weighted by Crippen LogP contribution is 2.20. The van der Waals surface area contributed by atoms with Gasteiger partial charge in [-0.1, -0.05) is 6.07 Å². The van der Waals surface area contributed by atoms with Crippen LogP contribution in [-0.4, -0.2) is 10.9 Å². The van der Waals surface area contributed by atoms with Crippen molar-refractivity contribution in [2.24, 2.45) is 0 Å². The van der Waals surface area contributed by atoms with Crippen molar-refractivity contribution < 1.29 is 13.6 Å². The lowest BCUT2D eigenvalue weighted by Crippen LogP contribution is -2.27. The Morgan fingerprint density at radius 3 is 2.80 bits per heavy atom. The molecule has 1 unspecified atom stereocenters. The number of pyridine rings is 1. The Morgan fingerprint density at radius 2 is 2.10 bits per heavy atom. The maximum atomic E-state index is 13.8. The topological polar surface area (TPSA) is 42.0 Å². The molecule has 1 N–H and O–H groups in total. The van der Waals surface area contributed by atoms with Gasteiger partial charge in [-0.3, -0.25) is 9.78 Å². The normalized spacial score (nSPS) is 12.0. The van der Waals surface area contributed by atoms with Crippen molar-refractivity contribution in [3.8, 4) is 0 Å². The van der Waals surface area contributed by atoms with Crippen molar-refractivity contribution in [2.75, 3.05) is 0 Å². The summed E-state index contributed by atoms with van der Waals surface area (Å²) in [5.41, 5.74) is 0.435. The highest BCUT2D eigenvalue weighted by atomic mass is 79.9. The van der Waals surface area contributed by atoms with Gasteiger partial charge >= 0.3 is 0 Å². The van der Waals surface area contributed by atoms with E-state index in [2.05, 4.69) is 26.2 Å². The van der Waals surface area contributed by atoms with E-state index in [1.807, 2.05) is 0 Å². The second kappa shape index (κ2) is 6.09. The van der Waals surface area contributed by atoms with Crippen LogP contribution in [-0.2, 0) is 0 Å². The summed E-state index contributed by atoms with van der Waals surface area (Å²) in [6.07, 6.45) is 2.53. The molecule has 6 heteroatoms. The molecule has 2 aromatic rings. The highest BCUT2D eigenvalue weighted by molar-refractivity contribution is 9.10. The maximum Gasteiger partial charge on any atom is 0.254 e. The molecule has 0 spiro atoms. The zero-order valence-corrected chi connectivity index (χ0v) is 12.1. The summed E-state index contributed by atoms with van der Waals surface area (Å²) in [6, 6.07) is 5.24. The van der Waals surface area contributed by atoms with Crippen molar-refractivity contribution in [1.29, 1.82) is 0 Å². The quantitative estimate of drug-likeness (QED) is 0.927. The Hall–Kier alpha value is -1.82. The van der Waals surface area contributed by atoms with Crippen LogP contribution in [0.4, 0.5) is 8.78 Å². The van der Waals surface area contributed by atoms with Crippen LogP contribution in [0.2, 0.25) is 0 Å². The van der Waals surface area contributed by atoms with Crippen molar-refractivity contribution in [3.63, 3.8) is 0 Å².